The van der Waals surface area contributed by atoms with E-state index in [1.54, 1.807) is 11.8 Å². The molecule has 2 aliphatic heterocycles. The third-order valence-corrected chi connectivity index (χ3v) is 8.11. The largest absolute Gasteiger partial charge is 0.457 e. The predicted molar refractivity (Wildman–Crippen MR) is 128 cm³/mol. The van der Waals surface area contributed by atoms with E-state index in [9.17, 15) is 14.4 Å². The molecule has 0 spiro atoms. The van der Waals surface area contributed by atoms with Crippen molar-refractivity contribution in [3.8, 4) is 0 Å². The molecule has 4 rings (SSSR count). The van der Waals surface area contributed by atoms with E-state index in [4.69, 9.17) is 9.47 Å². The summed E-state index contributed by atoms with van der Waals surface area (Å²) in [6.45, 7) is 9.83. The smallest absolute Gasteiger partial charge is 0.338 e. The van der Waals surface area contributed by atoms with Gasteiger partial charge in [-0.1, -0.05) is 12.1 Å². The summed E-state index contributed by atoms with van der Waals surface area (Å²) >= 11 is 0. The van der Waals surface area contributed by atoms with Gasteiger partial charge in [-0.25, -0.2) is 9.59 Å². The summed E-state index contributed by atoms with van der Waals surface area (Å²) in [5, 5.41) is 0. The van der Waals surface area contributed by atoms with Crippen molar-refractivity contribution in [2.24, 2.45) is 5.41 Å². The molecule has 0 atom stereocenters. The fraction of sp³-hybridized carbons (Fsp3) is 0.519. The van der Waals surface area contributed by atoms with Crippen LogP contribution in [0.2, 0.25) is 0 Å². The van der Waals surface area contributed by atoms with Crippen LogP contribution in [0, 0.1) is 12.3 Å². The van der Waals surface area contributed by atoms with E-state index in [1.807, 2.05) is 6.07 Å². The van der Waals surface area contributed by atoms with E-state index in [0.717, 1.165) is 56.2 Å². The molecule has 34 heavy (non-hydrogen) atoms. The number of ether oxygens (including phenoxy) is 2. The zero-order valence-electron chi connectivity index (χ0n) is 20.4. The van der Waals surface area contributed by atoms with Crippen LogP contribution in [0.25, 0.3) is 0 Å². The fourth-order valence-corrected chi connectivity index (χ4v) is 5.50. The second kappa shape index (κ2) is 9.74. The highest BCUT2D eigenvalue weighted by atomic mass is 16.5. The topological polar surface area (TPSA) is 76.2 Å². The van der Waals surface area contributed by atoms with Crippen LogP contribution in [-0.4, -0.2) is 54.4 Å². The molecule has 3 aliphatic rings. The molecule has 7 heteroatoms. The first-order valence-corrected chi connectivity index (χ1v) is 12.0. The first-order valence-electron chi connectivity index (χ1n) is 12.0. The minimum absolute atomic E-state index is 0.0161. The van der Waals surface area contributed by atoms with E-state index in [-0.39, 0.29) is 24.0 Å². The minimum atomic E-state index is -0.346. The van der Waals surface area contributed by atoms with Crippen LogP contribution in [0.15, 0.2) is 36.1 Å². The molecule has 0 saturated heterocycles. The van der Waals surface area contributed by atoms with Gasteiger partial charge in [0.2, 0.25) is 6.41 Å². The van der Waals surface area contributed by atoms with Crippen molar-refractivity contribution in [1.82, 2.24) is 9.80 Å². The molecule has 1 aromatic rings. The Morgan fingerprint density at radius 2 is 1.82 bits per heavy atom. The molecule has 1 aliphatic carbocycles. The Balaban J connectivity index is 1.35. The van der Waals surface area contributed by atoms with Crippen molar-refractivity contribution >= 4 is 18.3 Å². The summed E-state index contributed by atoms with van der Waals surface area (Å²) in [7, 11) is 2.17. The minimum Gasteiger partial charge on any atom is -0.457 e. The van der Waals surface area contributed by atoms with Gasteiger partial charge in [0.1, 0.15) is 13.2 Å². The number of rotatable bonds is 9. The summed E-state index contributed by atoms with van der Waals surface area (Å²) in [6.07, 6.45) is 7.81. The lowest BCUT2D eigenvalue weighted by atomic mass is 9.70. The lowest BCUT2D eigenvalue weighted by molar-refractivity contribution is -0.136. The average molecular weight is 467 g/mol. The average Bonchev–Trinajstić information content (AvgIpc) is 3.39. The summed E-state index contributed by atoms with van der Waals surface area (Å²) in [5.41, 5.74) is 5.27. The number of carbonyl (C=O) groups is 3. The molecule has 7 nitrogen and oxygen atoms in total. The second-order valence-corrected chi connectivity index (χ2v) is 9.86. The maximum atomic E-state index is 11.8. The van der Waals surface area contributed by atoms with Gasteiger partial charge in [-0.3, -0.25) is 9.69 Å². The monoisotopic (exact) mass is 466 g/mol. The van der Waals surface area contributed by atoms with Crippen molar-refractivity contribution in [1.29, 1.82) is 0 Å². The number of benzene rings is 1. The van der Waals surface area contributed by atoms with Crippen LogP contribution in [0.5, 0.6) is 0 Å². The predicted octanol–water partition coefficient (Wildman–Crippen LogP) is 3.89. The van der Waals surface area contributed by atoms with Gasteiger partial charge in [0.25, 0.3) is 0 Å². The van der Waals surface area contributed by atoms with Gasteiger partial charge in [-0.05, 0) is 75.6 Å². The molecule has 2 heterocycles. The molecule has 1 saturated carbocycles. The number of allylic oxidation sites excluding steroid dienone is 1. The first kappa shape index (κ1) is 24.2. The number of hydrogen-bond donors (Lipinski definition) is 0. The number of esters is 2. The maximum Gasteiger partial charge on any atom is 0.338 e. The maximum absolute atomic E-state index is 11.8. The van der Waals surface area contributed by atoms with Crippen LogP contribution < -0.4 is 0 Å². The summed E-state index contributed by atoms with van der Waals surface area (Å²) < 4.78 is 10.3. The molecule has 0 unspecified atom stereocenters. The van der Waals surface area contributed by atoms with Crippen molar-refractivity contribution in [3.05, 3.63) is 58.3 Å². The van der Waals surface area contributed by atoms with Crippen LogP contribution in [0.3, 0.4) is 0 Å². The SMILES string of the molecule is C=C[C@]1(CCN(C=O)C2=C(C)C(=O)OC2)CC[C@H](N(C)Cc2ccc3c(c2C)COC3=O)CC1. The van der Waals surface area contributed by atoms with Gasteiger partial charge in [0.05, 0.1) is 16.8 Å². The van der Waals surface area contributed by atoms with Crippen LogP contribution in [-0.2, 0) is 32.2 Å². The highest BCUT2D eigenvalue weighted by Gasteiger charge is 2.35. The van der Waals surface area contributed by atoms with Gasteiger partial charge in [-0.2, -0.15) is 0 Å². The molecule has 0 aromatic heterocycles. The molecule has 1 amide bonds. The molecule has 0 radical (unpaired) electrons. The zero-order valence-corrected chi connectivity index (χ0v) is 20.4. The van der Waals surface area contributed by atoms with Gasteiger partial charge in [0, 0.05) is 24.7 Å². The molecule has 182 valence electrons. The third-order valence-electron chi connectivity index (χ3n) is 8.11. The normalized spacial score (nSPS) is 24.2. The standard InChI is InChI=1S/C27H34N2O5/c1-5-27(12-13-29(17-30)24-16-34-25(31)19(24)3)10-8-21(9-11-27)28(4)14-20-6-7-22-23(18(20)2)15-33-26(22)32/h5-7,17,21H,1,8-16H2,2-4H3/t21-,27-. The molecule has 0 bridgehead atoms. The molecule has 1 aromatic carbocycles. The van der Waals surface area contributed by atoms with E-state index in [0.29, 0.717) is 36.0 Å². The number of fused-ring (bicyclic) bond motifs is 1. The Hall–Kier alpha value is -2.93. The Morgan fingerprint density at radius 1 is 1.12 bits per heavy atom. The first-order chi connectivity index (χ1) is 16.3. The molecular weight excluding hydrogens is 432 g/mol. The molecule has 0 N–H and O–H groups in total. The molecular formula is C27H34N2O5. The summed E-state index contributed by atoms with van der Waals surface area (Å²) in [5.74, 6) is -0.570. The number of amides is 1. The quantitative estimate of drug-likeness (QED) is 0.312. The van der Waals surface area contributed by atoms with Gasteiger partial charge in [0.15, 0.2) is 0 Å². The van der Waals surface area contributed by atoms with Crippen molar-refractivity contribution in [2.45, 2.75) is 65.1 Å². The number of nitrogens with zero attached hydrogens (tertiary/aromatic N) is 2. The Kier molecular flexibility index (Phi) is 6.94. The lowest BCUT2D eigenvalue weighted by Crippen LogP contribution is -2.39. The number of carbonyl (C=O) groups excluding carboxylic acids is 3. The summed E-state index contributed by atoms with van der Waals surface area (Å²) in [4.78, 5) is 39.2. The van der Waals surface area contributed by atoms with Gasteiger partial charge < -0.3 is 14.4 Å². The number of hydrogen-bond acceptors (Lipinski definition) is 6. The van der Waals surface area contributed by atoms with E-state index < -0.39 is 0 Å². The van der Waals surface area contributed by atoms with E-state index in [2.05, 4.69) is 37.6 Å². The van der Waals surface area contributed by atoms with Crippen molar-refractivity contribution < 1.29 is 23.9 Å². The van der Waals surface area contributed by atoms with Crippen molar-refractivity contribution in [2.75, 3.05) is 20.2 Å². The van der Waals surface area contributed by atoms with Crippen LogP contribution >= 0.6 is 0 Å². The fourth-order valence-electron chi connectivity index (χ4n) is 5.50. The van der Waals surface area contributed by atoms with Crippen molar-refractivity contribution in [3.63, 3.8) is 0 Å². The van der Waals surface area contributed by atoms with Crippen LogP contribution in [0.4, 0.5) is 0 Å². The number of cyclic esters (lactones) is 2. The highest BCUT2D eigenvalue weighted by molar-refractivity contribution is 5.94. The van der Waals surface area contributed by atoms with Crippen LogP contribution in [0.1, 0.15) is 66.1 Å². The van der Waals surface area contributed by atoms with E-state index >= 15 is 0 Å². The lowest BCUT2D eigenvalue weighted by Gasteiger charge is -2.42. The van der Waals surface area contributed by atoms with Gasteiger partial charge in [-0.15, -0.1) is 6.58 Å². The second-order valence-electron chi connectivity index (χ2n) is 9.86. The molecule has 1 fully saturated rings. The Morgan fingerprint density at radius 3 is 2.44 bits per heavy atom. The third kappa shape index (κ3) is 4.53. The van der Waals surface area contributed by atoms with E-state index in [1.165, 1.54) is 5.56 Å². The highest BCUT2D eigenvalue weighted by Crippen LogP contribution is 2.42. The Bertz CT molecular complexity index is 1040. The Labute approximate surface area is 201 Å². The summed E-state index contributed by atoms with van der Waals surface area (Å²) in [6, 6.07) is 4.41. The van der Waals surface area contributed by atoms with Gasteiger partial charge >= 0.3 is 11.9 Å². The zero-order chi connectivity index (χ0) is 24.5.